The van der Waals surface area contributed by atoms with Gasteiger partial charge in [0.25, 0.3) is 0 Å². The van der Waals surface area contributed by atoms with Crippen molar-refractivity contribution in [2.45, 2.75) is 162 Å². The van der Waals surface area contributed by atoms with E-state index in [4.69, 9.17) is 16.2 Å². The highest BCUT2D eigenvalue weighted by atomic mass is 16.5. The maximum Gasteiger partial charge on any atom is 0.408 e. The Morgan fingerprint density at radius 2 is 1.22 bits per heavy atom. The smallest absolute Gasteiger partial charge is 0.408 e. The summed E-state index contributed by atoms with van der Waals surface area (Å²) in [6, 6.07) is 1.53. The van der Waals surface area contributed by atoms with Crippen molar-refractivity contribution in [1.82, 2.24) is 53.2 Å². The van der Waals surface area contributed by atoms with E-state index in [1.165, 1.54) is 26.0 Å². The van der Waals surface area contributed by atoms with Crippen LogP contribution in [0.5, 0.6) is 0 Å². The highest BCUT2D eigenvalue weighted by molar-refractivity contribution is 5.99. The normalized spacial score (nSPS) is 24.7. The summed E-state index contributed by atoms with van der Waals surface area (Å²) < 4.78 is 5.47. The first kappa shape index (κ1) is 69.2. The van der Waals surface area contributed by atoms with Gasteiger partial charge in [0.05, 0.1) is 31.4 Å². The number of nitrogens with zero attached hydrogens (tertiary/aromatic N) is 1. The number of carbonyl (C=O) groups excluding carboxylic acids is 10. The Morgan fingerprint density at radius 1 is 0.679 bits per heavy atom. The van der Waals surface area contributed by atoms with E-state index in [1.807, 2.05) is 0 Å². The van der Waals surface area contributed by atoms with Crippen LogP contribution >= 0.6 is 0 Å². The van der Waals surface area contributed by atoms with E-state index in [2.05, 4.69) is 58.2 Å². The van der Waals surface area contributed by atoms with Gasteiger partial charge < -0.3 is 84.7 Å². The van der Waals surface area contributed by atoms with E-state index in [-0.39, 0.29) is 57.3 Å². The topological polar surface area (TPSA) is 425 Å². The molecule has 0 spiro atoms. The molecule has 27 nitrogen and oxygen atoms in total. The molecule has 27 heteroatoms. The van der Waals surface area contributed by atoms with Gasteiger partial charge in [0.2, 0.25) is 53.2 Å². The number of nitrogens with one attached hydrogen (secondary N) is 10. The number of aliphatic hydroxyl groups excluding tert-OH is 3. The van der Waals surface area contributed by atoms with E-state index in [0.29, 0.717) is 12.0 Å². The van der Waals surface area contributed by atoms with E-state index in [0.717, 1.165) is 0 Å². The van der Waals surface area contributed by atoms with Crippen LogP contribution in [0.25, 0.3) is 0 Å². The second kappa shape index (κ2) is 34.3. The Morgan fingerprint density at radius 3 is 1.79 bits per heavy atom. The molecule has 1 heterocycles. The lowest BCUT2D eigenvalue weighted by Gasteiger charge is -2.33. The average Bonchev–Trinajstić information content (AvgIpc) is 3.42. The van der Waals surface area contributed by atoms with Crippen LogP contribution in [0.3, 0.4) is 0 Å². The number of benzene rings is 2. The molecule has 2 aromatic rings. The molecule has 0 aromatic heterocycles. The van der Waals surface area contributed by atoms with Crippen LogP contribution in [0, 0.1) is 17.8 Å². The summed E-state index contributed by atoms with van der Waals surface area (Å²) in [6.07, 6.45) is -4.23. The minimum atomic E-state index is -1.92. The summed E-state index contributed by atoms with van der Waals surface area (Å²) in [5.74, 6) is -11.0. The van der Waals surface area contributed by atoms with Crippen molar-refractivity contribution in [3.8, 4) is 0 Å². The molecule has 0 saturated carbocycles. The number of guanidine groups is 1. The summed E-state index contributed by atoms with van der Waals surface area (Å²) in [4.78, 5) is 144. The molecule has 1 aliphatic heterocycles. The summed E-state index contributed by atoms with van der Waals surface area (Å²) in [6.45, 7) is 10.2. The largest absolute Gasteiger partial charge is 0.445 e. The predicted octanol–water partition coefficient (Wildman–Crippen LogP) is -2.15. The van der Waals surface area contributed by atoms with Gasteiger partial charge in [-0.25, -0.2) is 4.79 Å². The molecule has 0 bridgehead atoms. The number of carbonyl (C=O) groups is 10. The molecule has 17 N–H and O–H groups in total. The lowest BCUT2D eigenvalue weighted by molar-refractivity contribution is -0.138. The predicted molar refractivity (Wildman–Crippen MR) is 298 cm³/mol. The molecule has 10 amide bonds. The lowest BCUT2D eigenvalue weighted by Crippen LogP contribution is -2.64. The van der Waals surface area contributed by atoms with Gasteiger partial charge in [-0.05, 0) is 62.0 Å². The number of amides is 10. The van der Waals surface area contributed by atoms with Crippen molar-refractivity contribution < 1.29 is 68.0 Å². The van der Waals surface area contributed by atoms with Crippen molar-refractivity contribution in [3.63, 3.8) is 0 Å². The van der Waals surface area contributed by atoms with Crippen LogP contribution in [-0.4, -0.2) is 161 Å². The summed E-state index contributed by atoms with van der Waals surface area (Å²) in [5, 5.41) is 57.7. The molecular weight excluding hydrogens is 1050 g/mol. The van der Waals surface area contributed by atoms with Gasteiger partial charge in [-0.3, -0.25) is 48.1 Å². The zero-order valence-electron chi connectivity index (χ0n) is 46.4. The van der Waals surface area contributed by atoms with E-state index >= 15 is 0 Å². The molecular formula is C54H85N13O14. The second-order valence-electron chi connectivity index (χ2n) is 20.4. The van der Waals surface area contributed by atoms with Gasteiger partial charge in [-0.15, -0.1) is 0 Å². The molecule has 1 fully saturated rings. The van der Waals surface area contributed by atoms with Crippen LogP contribution in [0.2, 0.25) is 0 Å². The van der Waals surface area contributed by atoms with Crippen molar-refractivity contribution >= 4 is 65.2 Å². The van der Waals surface area contributed by atoms with E-state index in [9.17, 15) is 63.3 Å². The summed E-state index contributed by atoms with van der Waals surface area (Å²) in [5.41, 5.74) is 11.8. The summed E-state index contributed by atoms with van der Waals surface area (Å²) in [7, 11) is 0. The number of rotatable bonds is 16. The SMILES string of the molecule is C.CC[C@H](C)[C@@H]1NC(=O)[C@@H](CCCN=C(N)N)NC(=O)[C@H](CC(C)C)NC(=O)[C@H]([C@H](O)C(C)C)NC(=O)[C@@H](NC(=O)OCc2ccccc2)[C@@H](c2ccccc2)NC(=O)[C@H](CO)NC(=O)C(C)NC(=O)CNC(=O)[C@H]([C@H](C)O)NC1=O. The molecule has 3 rings (SSSR count). The van der Waals surface area contributed by atoms with Crippen LogP contribution in [0.1, 0.15) is 106 Å². The third kappa shape index (κ3) is 22.6. The van der Waals surface area contributed by atoms with Gasteiger partial charge in [0.1, 0.15) is 54.9 Å². The number of alkyl carbamates (subject to hydrolysis) is 1. The van der Waals surface area contributed by atoms with Crippen LogP contribution < -0.4 is 64.6 Å². The van der Waals surface area contributed by atoms with Gasteiger partial charge in [0, 0.05) is 6.54 Å². The van der Waals surface area contributed by atoms with Crippen molar-refractivity contribution in [2.75, 3.05) is 19.7 Å². The Kier molecular flexibility index (Phi) is 29.3. The maximum atomic E-state index is 14.9. The molecule has 1 unspecified atom stereocenters. The van der Waals surface area contributed by atoms with Crippen LogP contribution in [-0.2, 0) is 54.5 Å². The number of hydrogen-bond acceptors (Lipinski definition) is 15. The van der Waals surface area contributed by atoms with E-state index in [1.54, 1.807) is 90.1 Å². The second-order valence-corrected chi connectivity index (χ2v) is 20.4. The van der Waals surface area contributed by atoms with Crippen molar-refractivity contribution in [1.29, 1.82) is 0 Å². The number of ether oxygens (including phenoxy) is 1. The standard InChI is InChI=1S/C53H81N13O14.CH4/c1-9-29(6)38-49(76)63-39(31(8)68)48(75)57-24-37(69)58-30(7)44(71)61-36(25-67)47(74)64-40(33-19-14-11-15-20-33)41(66-53(79)80-26-32-17-12-10-13-18-32)50(77)65-42(43(70)28(4)5)51(78)60-35(23-27(2)3)46(73)59-34(45(72)62-38)21-16-22-56-52(54)55;/h10-15,17-20,27-31,34-36,38-43,67-68,70H,9,16,21-26H2,1-8H3,(H,57,75)(H,58,69)(H,59,73)(H,60,78)(H,61,71)(H,62,72)(H,63,76)(H,64,74)(H,65,77)(H,66,79)(H4,54,55,56);1H4/t29-,30?,31-,34+,35-,36-,38-,39-,40+,41-,42-,43+;/m0./s1. The Hall–Kier alpha value is -7.91. The molecule has 0 aliphatic carbocycles. The molecule has 450 valence electrons. The van der Waals surface area contributed by atoms with Crippen molar-refractivity contribution in [2.24, 2.45) is 34.2 Å². The number of aliphatic hydroxyl groups is 3. The molecule has 0 radical (unpaired) electrons. The van der Waals surface area contributed by atoms with Gasteiger partial charge >= 0.3 is 6.09 Å². The number of aliphatic imine (C=N–C) groups is 1. The van der Waals surface area contributed by atoms with Gasteiger partial charge in [0.15, 0.2) is 5.96 Å². The monoisotopic (exact) mass is 1140 g/mol. The minimum Gasteiger partial charge on any atom is -0.445 e. The molecule has 81 heavy (non-hydrogen) atoms. The third-order valence-electron chi connectivity index (χ3n) is 12.9. The average molecular weight is 1140 g/mol. The molecule has 12 atom stereocenters. The minimum absolute atomic E-state index is 0. The first-order chi connectivity index (χ1) is 37.8. The van der Waals surface area contributed by atoms with Crippen LogP contribution in [0.4, 0.5) is 4.79 Å². The zero-order chi connectivity index (χ0) is 59.8. The maximum absolute atomic E-state index is 14.9. The molecule has 1 aliphatic rings. The van der Waals surface area contributed by atoms with Gasteiger partial charge in [-0.1, -0.05) is 116 Å². The highest BCUT2D eigenvalue weighted by Crippen LogP contribution is 2.20. The first-order valence-electron chi connectivity index (χ1n) is 26.5. The summed E-state index contributed by atoms with van der Waals surface area (Å²) >= 11 is 0. The Balaban J connectivity index is 0.0000224. The molecule has 1 saturated heterocycles. The fraction of sp³-hybridized carbons (Fsp3) is 0.574. The van der Waals surface area contributed by atoms with E-state index < -0.39 is 151 Å². The molecule has 2 aromatic carbocycles. The fourth-order valence-electron chi connectivity index (χ4n) is 8.14. The Bertz CT molecular complexity index is 2450. The number of hydrogen-bond donors (Lipinski definition) is 15. The van der Waals surface area contributed by atoms with Gasteiger partial charge in [-0.2, -0.15) is 0 Å². The Labute approximate surface area is 472 Å². The quantitative estimate of drug-likeness (QED) is 0.0484. The lowest BCUT2D eigenvalue weighted by atomic mass is 9.94. The zero-order valence-corrected chi connectivity index (χ0v) is 46.4. The highest BCUT2D eigenvalue weighted by Gasteiger charge is 2.41. The number of nitrogens with two attached hydrogens (primary N) is 2. The first-order valence-corrected chi connectivity index (χ1v) is 26.5. The fourth-order valence-corrected chi connectivity index (χ4v) is 8.14. The van der Waals surface area contributed by atoms with Crippen LogP contribution in [0.15, 0.2) is 65.7 Å². The third-order valence-corrected chi connectivity index (χ3v) is 12.9. The van der Waals surface area contributed by atoms with Crippen molar-refractivity contribution in [3.05, 3.63) is 71.8 Å².